The maximum Gasteiger partial charge on any atom is 1.00 e. The molecule has 6 nitrogen and oxygen atoms in total. The van der Waals surface area contributed by atoms with E-state index in [-0.39, 0.29) is 69.7 Å². The molecule has 0 bridgehead atoms. The summed E-state index contributed by atoms with van der Waals surface area (Å²) in [4.78, 5) is 32.1. The van der Waals surface area contributed by atoms with Crippen molar-refractivity contribution in [3.05, 3.63) is 118 Å². The Morgan fingerprint density at radius 2 is 1.77 bits per heavy atom. The van der Waals surface area contributed by atoms with E-state index in [1.54, 1.807) is 12.1 Å². The Labute approximate surface area is 253 Å². The van der Waals surface area contributed by atoms with E-state index in [4.69, 9.17) is 6.42 Å². The molecule has 2 atom stereocenters. The maximum absolute atomic E-state index is 13.1. The minimum atomic E-state index is -0.479. The van der Waals surface area contributed by atoms with E-state index >= 15 is 0 Å². The number of carbonyl (C=O) groups is 1. The molecule has 0 radical (unpaired) electrons. The number of para-hydroxylation sites is 1. The van der Waals surface area contributed by atoms with Crippen LogP contribution in [0.4, 0.5) is 0 Å². The van der Waals surface area contributed by atoms with Gasteiger partial charge in [-0.3, -0.25) is 4.79 Å². The molecule has 1 amide bonds. The van der Waals surface area contributed by atoms with Gasteiger partial charge >= 0.3 is 58.2 Å². The van der Waals surface area contributed by atoms with E-state index in [1.165, 1.54) is 6.20 Å². The van der Waals surface area contributed by atoms with Crippen molar-refractivity contribution in [1.82, 2.24) is 20.6 Å². The van der Waals surface area contributed by atoms with Gasteiger partial charge < -0.3 is 25.4 Å². The molecule has 0 aliphatic carbocycles. The molecule has 2 aromatic heterocycles. The van der Waals surface area contributed by atoms with Gasteiger partial charge in [0.05, 0.1) is 17.6 Å². The molecule has 0 spiro atoms. The quantitative estimate of drug-likeness (QED) is 0.267. The molecule has 0 aliphatic rings. The molecular weight excluding hydrogens is 510 g/mol. The molecule has 0 saturated heterocycles. The van der Waals surface area contributed by atoms with Gasteiger partial charge in [0.2, 0.25) is 0 Å². The zero-order valence-electron chi connectivity index (χ0n) is 19.6. The molecule has 7 heteroatoms. The topological polar surface area (TPSA) is 88.1 Å². The number of aromatic amines is 1. The molecule has 3 N–H and O–H groups in total. The van der Waals surface area contributed by atoms with Gasteiger partial charge in [-0.25, -0.2) is 0 Å². The summed E-state index contributed by atoms with van der Waals surface area (Å²) in [6.45, 7) is 4.17. The number of pyridine rings is 1. The predicted octanol–water partition coefficient (Wildman–Crippen LogP) is 0.178. The van der Waals surface area contributed by atoms with Crippen molar-refractivity contribution >= 4 is 16.8 Å². The third-order valence-electron chi connectivity index (χ3n) is 5.62. The van der Waals surface area contributed by atoms with Crippen molar-refractivity contribution in [3.63, 3.8) is 0 Å². The Kier molecular flexibility index (Phi) is 9.88. The van der Waals surface area contributed by atoms with Crippen LogP contribution in [0.25, 0.3) is 10.9 Å². The van der Waals surface area contributed by atoms with Gasteiger partial charge in [0.1, 0.15) is 5.69 Å². The van der Waals surface area contributed by atoms with Crippen molar-refractivity contribution in [2.24, 2.45) is 0 Å². The number of hydrogen-bond acceptors (Lipinski definition) is 3. The van der Waals surface area contributed by atoms with E-state index in [2.05, 4.69) is 33.1 Å². The first kappa shape index (κ1) is 26.9. The van der Waals surface area contributed by atoms with Crippen LogP contribution in [-0.2, 0) is 12.8 Å². The van der Waals surface area contributed by atoms with Crippen LogP contribution in [0.2, 0.25) is 0 Å². The smallest absolute Gasteiger partial charge is 0.629 e. The number of aromatic nitrogens is 2. The number of carbonyl (C=O) groups excluding carboxylic acids is 1. The SMILES string of the molecule is C#CC(Cc1ccc[n-]c1=O)NC(=C)[C@H](Cc1ccccc1)NC(=O)c1cc2ccccc2[nH]1.[Rb+]. The zero-order chi connectivity index (χ0) is 23.9. The van der Waals surface area contributed by atoms with Gasteiger partial charge in [0, 0.05) is 23.0 Å². The van der Waals surface area contributed by atoms with Crippen molar-refractivity contribution in [2.45, 2.75) is 24.9 Å². The van der Waals surface area contributed by atoms with Crippen LogP contribution in [0.3, 0.4) is 0 Å². The average molecular weight is 535 g/mol. The molecule has 35 heavy (non-hydrogen) atoms. The Hall–Kier alpha value is -2.69. The maximum atomic E-state index is 13.1. The molecule has 4 rings (SSSR count). The number of terminal acetylenes is 1. The second-order valence-corrected chi connectivity index (χ2v) is 8.05. The van der Waals surface area contributed by atoms with Crippen LogP contribution in [0.15, 0.2) is 96.1 Å². The molecule has 0 fully saturated rings. The first-order chi connectivity index (χ1) is 16.5. The van der Waals surface area contributed by atoms with E-state index in [1.807, 2.05) is 60.7 Å². The Bertz CT molecular complexity index is 1370. The summed E-state index contributed by atoms with van der Waals surface area (Å²) in [5, 5.41) is 7.26. The summed E-state index contributed by atoms with van der Waals surface area (Å²) in [6, 6.07) is 21.9. The minimum Gasteiger partial charge on any atom is -0.629 e. The number of rotatable bonds is 9. The summed E-state index contributed by atoms with van der Waals surface area (Å²) in [5.74, 6) is 2.43. The summed E-state index contributed by atoms with van der Waals surface area (Å²) >= 11 is 0. The molecule has 0 aliphatic heterocycles. The number of H-pyrrole nitrogens is 1. The van der Waals surface area contributed by atoms with Crippen LogP contribution < -0.4 is 79.4 Å². The van der Waals surface area contributed by atoms with Crippen LogP contribution in [0.5, 0.6) is 0 Å². The number of nitrogens with one attached hydrogen (secondary N) is 3. The van der Waals surface area contributed by atoms with Crippen LogP contribution >= 0.6 is 0 Å². The van der Waals surface area contributed by atoms with Gasteiger partial charge in [0.25, 0.3) is 5.91 Å². The fourth-order valence-corrected chi connectivity index (χ4v) is 3.82. The summed E-state index contributed by atoms with van der Waals surface area (Å²) < 4.78 is 0. The Morgan fingerprint density at radius 3 is 2.49 bits per heavy atom. The summed E-state index contributed by atoms with van der Waals surface area (Å²) in [7, 11) is 0. The van der Waals surface area contributed by atoms with Gasteiger partial charge in [0.15, 0.2) is 0 Å². The number of benzene rings is 2. The van der Waals surface area contributed by atoms with Gasteiger partial charge in [-0.2, -0.15) is 6.20 Å². The zero-order valence-corrected chi connectivity index (χ0v) is 24.5. The van der Waals surface area contributed by atoms with Gasteiger partial charge in [-0.05, 0) is 29.7 Å². The second kappa shape index (κ2) is 12.8. The van der Waals surface area contributed by atoms with Crippen molar-refractivity contribution in [1.29, 1.82) is 0 Å². The molecule has 2 aromatic carbocycles. The average Bonchev–Trinajstić information content (AvgIpc) is 3.29. The molecule has 2 heterocycles. The van der Waals surface area contributed by atoms with Crippen molar-refractivity contribution in [3.8, 4) is 12.3 Å². The van der Waals surface area contributed by atoms with Crippen molar-refractivity contribution < 1.29 is 63.0 Å². The largest absolute Gasteiger partial charge is 1.00 e. The molecule has 1 unspecified atom stereocenters. The standard InChI is InChI=1S/C28H26N4O2.Rb/c1-3-23(17-22-13-9-15-29-27(22)33)30-19(2)25(16-20-10-5-4-6-11-20)32-28(34)26-18-21-12-7-8-14-24(21)31-26;/h1,4-15,18,23,25,30H,2,16-17H2,(H3,29,31,32,33,34);/q;+1/p-1/t23?,25-;/m0./s1. The van der Waals surface area contributed by atoms with Gasteiger partial charge in [-0.15, -0.1) is 6.42 Å². The third kappa shape index (κ3) is 7.15. The molecule has 4 aromatic rings. The third-order valence-corrected chi connectivity index (χ3v) is 5.62. The van der Waals surface area contributed by atoms with Gasteiger partial charge in [-0.1, -0.05) is 73.2 Å². The number of amides is 1. The summed E-state index contributed by atoms with van der Waals surface area (Å²) in [5.41, 5.74) is 3.18. The Morgan fingerprint density at radius 1 is 1.03 bits per heavy atom. The number of fused-ring (bicyclic) bond motifs is 1. The van der Waals surface area contributed by atoms with Crippen LogP contribution in [0, 0.1) is 12.3 Å². The van der Waals surface area contributed by atoms with E-state index in [0.29, 0.717) is 29.8 Å². The second-order valence-electron chi connectivity index (χ2n) is 8.05. The summed E-state index contributed by atoms with van der Waals surface area (Å²) in [6.07, 6.45) is 8.02. The van der Waals surface area contributed by atoms with E-state index in [0.717, 1.165) is 16.5 Å². The number of nitrogens with zero attached hydrogens (tertiary/aromatic N) is 1. The van der Waals surface area contributed by atoms with E-state index in [9.17, 15) is 9.59 Å². The first-order valence-electron chi connectivity index (χ1n) is 11.0. The van der Waals surface area contributed by atoms with E-state index < -0.39 is 12.1 Å². The predicted molar refractivity (Wildman–Crippen MR) is 134 cm³/mol. The molecule has 170 valence electrons. The van der Waals surface area contributed by atoms with Crippen LogP contribution in [-0.4, -0.2) is 23.0 Å². The monoisotopic (exact) mass is 534 g/mol. The normalized spacial score (nSPS) is 12.1. The van der Waals surface area contributed by atoms with Crippen molar-refractivity contribution in [2.75, 3.05) is 0 Å². The fourth-order valence-electron chi connectivity index (χ4n) is 3.82. The number of hydrogen-bond donors (Lipinski definition) is 3. The van der Waals surface area contributed by atoms with Crippen LogP contribution in [0.1, 0.15) is 21.6 Å². The molecular formula is C28H25N4O2Rb. The first-order valence-corrected chi connectivity index (χ1v) is 11.0. The fraction of sp³-hybridized carbons (Fsp3) is 0.143. The Balaban J connectivity index is 0.00000342. The molecule has 0 saturated carbocycles. The minimum absolute atomic E-state index is 0.